The molecule has 2 saturated heterocycles. The van der Waals surface area contributed by atoms with Gasteiger partial charge in [0.15, 0.2) is 6.73 Å². The fraction of sp³-hybridized carbons (Fsp3) is 0.708. The van der Waals surface area contributed by atoms with E-state index in [-0.39, 0.29) is 23.6 Å². The Morgan fingerprint density at radius 2 is 1.97 bits per heavy atom. The zero-order chi connectivity index (χ0) is 21.4. The molecule has 2 atom stereocenters. The van der Waals surface area contributed by atoms with E-state index in [4.69, 9.17) is 9.47 Å². The fourth-order valence-corrected chi connectivity index (χ4v) is 5.60. The lowest BCUT2D eigenvalue weighted by molar-refractivity contribution is -0.158. The van der Waals surface area contributed by atoms with E-state index in [0.717, 1.165) is 37.1 Å². The minimum atomic E-state index is -0.371. The van der Waals surface area contributed by atoms with Gasteiger partial charge in [0.1, 0.15) is 11.9 Å². The molecule has 3 aliphatic rings. The topological polar surface area (TPSA) is 54.0 Å². The summed E-state index contributed by atoms with van der Waals surface area (Å²) in [6, 6.07) is 8.21. The molecule has 0 aliphatic carbocycles. The van der Waals surface area contributed by atoms with Gasteiger partial charge in [0.25, 0.3) is 5.91 Å². The number of carbonyl (C=O) groups is 1. The average molecular weight is 416 g/mol. The normalized spacial score (nSPS) is 29.3. The second kappa shape index (κ2) is 8.48. The van der Waals surface area contributed by atoms with Gasteiger partial charge in [-0.3, -0.25) is 10.2 Å². The first-order valence-electron chi connectivity index (χ1n) is 11.4. The van der Waals surface area contributed by atoms with Gasteiger partial charge in [-0.1, -0.05) is 32.0 Å². The molecule has 2 unspecified atom stereocenters. The highest BCUT2D eigenvalue weighted by Gasteiger charge is 2.41. The number of rotatable bonds is 2. The van der Waals surface area contributed by atoms with Gasteiger partial charge in [0.2, 0.25) is 0 Å². The Morgan fingerprint density at radius 3 is 2.73 bits per heavy atom. The predicted molar refractivity (Wildman–Crippen MR) is 117 cm³/mol. The molecule has 30 heavy (non-hydrogen) atoms. The third kappa shape index (κ3) is 4.66. The van der Waals surface area contributed by atoms with Gasteiger partial charge in [-0.05, 0) is 57.4 Å². The fourth-order valence-electron chi connectivity index (χ4n) is 5.60. The summed E-state index contributed by atoms with van der Waals surface area (Å²) in [6.07, 6.45) is 4.90. The van der Waals surface area contributed by atoms with E-state index in [9.17, 15) is 4.79 Å². The third-order valence-electron chi connectivity index (χ3n) is 6.79. The van der Waals surface area contributed by atoms with Gasteiger partial charge in [-0.25, -0.2) is 5.01 Å². The van der Waals surface area contributed by atoms with Crippen molar-refractivity contribution in [3.63, 3.8) is 0 Å². The Balaban J connectivity index is 1.36. The van der Waals surface area contributed by atoms with Gasteiger partial charge >= 0.3 is 0 Å². The van der Waals surface area contributed by atoms with E-state index in [2.05, 4.69) is 38.1 Å². The van der Waals surface area contributed by atoms with Crippen LogP contribution in [0.25, 0.3) is 0 Å². The number of carbonyl (C=O) groups excluding carboxylic acids is 1. The van der Waals surface area contributed by atoms with Gasteiger partial charge < -0.3 is 14.4 Å². The Hall–Kier alpha value is -1.63. The smallest absolute Gasteiger partial charge is 0.254 e. The zero-order valence-corrected chi connectivity index (χ0v) is 18.9. The summed E-state index contributed by atoms with van der Waals surface area (Å²) < 4.78 is 11.9. The van der Waals surface area contributed by atoms with Crippen molar-refractivity contribution in [1.82, 2.24) is 15.3 Å². The van der Waals surface area contributed by atoms with E-state index in [1.165, 1.54) is 12.8 Å². The van der Waals surface area contributed by atoms with Crippen LogP contribution in [0, 0.1) is 5.41 Å². The summed E-state index contributed by atoms with van der Waals surface area (Å²) in [4.78, 5) is 14.8. The van der Waals surface area contributed by atoms with Crippen LogP contribution in [0.3, 0.4) is 0 Å². The minimum Gasteiger partial charge on any atom is -0.473 e. The molecule has 2 fully saturated rings. The Bertz CT molecular complexity index is 756. The van der Waals surface area contributed by atoms with Crippen LogP contribution in [0.1, 0.15) is 65.4 Å². The van der Waals surface area contributed by atoms with Crippen LogP contribution in [0.15, 0.2) is 24.3 Å². The summed E-state index contributed by atoms with van der Waals surface area (Å²) in [5.74, 6) is 0.920. The van der Waals surface area contributed by atoms with E-state index in [0.29, 0.717) is 25.3 Å². The number of nitrogens with one attached hydrogen (secondary N) is 1. The van der Waals surface area contributed by atoms with Crippen molar-refractivity contribution in [1.29, 1.82) is 0 Å². The number of fused-ring (bicyclic) bond motifs is 1. The highest BCUT2D eigenvalue weighted by atomic mass is 16.5. The molecule has 0 bridgehead atoms. The monoisotopic (exact) mass is 415 g/mol. The average Bonchev–Trinajstić information content (AvgIpc) is 2.71. The lowest BCUT2D eigenvalue weighted by atomic mass is 9.75. The molecule has 1 amide bonds. The molecule has 0 aromatic heterocycles. The summed E-state index contributed by atoms with van der Waals surface area (Å²) in [6.45, 7) is 11.9. The first-order chi connectivity index (χ1) is 14.3. The number of nitrogens with zero attached hydrogens (tertiary/aromatic N) is 2. The molecule has 3 heterocycles. The molecule has 6 nitrogen and oxygen atoms in total. The molecule has 0 saturated carbocycles. The number of benzene rings is 1. The molecule has 6 heteroatoms. The minimum absolute atomic E-state index is 0.0409. The largest absolute Gasteiger partial charge is 0.473 e. The predicted octanol–water partition coefficient (Wildman–Crippen LogP) is 3.71. The van der Waals surface area contributed by atoms with E-state index in [1.54, 1.807) is 4.90 Å². The van der Waals surface area contributed by atoms with Crippen molar-refractivity contribution < 1.29 is 14.3 Å². The maximum Gasteiger partial charge on any atom is 0.254 e. The third-order valence-corrected chi connectivity index (χ3v) is 6.79. The maximum absolute atomic E-state index is 13.1. The number of hydrogen-bond acceptors (Lipinski definition) is 5. The van der Waals surface area contributed by atoms with Crippen molar-refractivity contribution in [3.05, 3.63) is 29.8 Å². The molecule has 1 N–H and O–H groups in total. The van der Waals surface area contributed by atoms with E-state index < -0.39 is 0 Å². The van der Waals surface area contributed by atoms with Crippen molar-refractivity contribution in [3.8, 4) is 5.75 Å². The number of para-hydroxylation sites is 1. The first-order valence-corrected chi connectivity index (χ1v) is 11.4. The van der Waals surface area contributed by atoms with Gasteiger partial charge in [-0.2, -0.15) is 0 Å². The van der Waals surface area contributed by atoms with Crippen molar-refractivity contribution >= 4 is 5.91 Å². The molecule has 0 spiro atoms. The summed E-state index contributed by atoms with van der Waals surface area (Å²) in [5.41, 5.74) is 5.11. The summed E-state index contributed by atoms with van der Waals surface area (Å²) in [7, 11) is 0. The van der Waals surface area contributed by atoms with Crippen LogP contribution in [0.2, 0.25) is 0 Å². The molecule has 3 aliphatic heterocycles. The summed E-state index contributed by atoms with van der Waals surface area (Å²) in [5, 5.41) is 2.43. The summed E-state index contributed by atoms with van der Waals surface area (Å²) >= 11 is 0. The zero-order valence-electron chi connectivity index (χ0n) is 18.9. The second-order valence-corrected chi connectivity index (χ2v) is 10.5. The van der Waals surface area contributed by atoms with Gasteiger partial charge in [-0.15, -0.1) is 0 Å². The number of ether oxygens (including phenoxy) is 2. The maximum atomic E-state index is 13.1. The van der Waals surface area contributed by atoms with E-state index >= 15 is 0 Å². The lowest BCUT2D eigenvalue weighted by Crippen LogP contribution is -2.62. The Kier molecular flexibility index (Phi) is 6.11. The number of hydrazine groups is 1. The van der Waals surface area contributed by atoms with Gasteiger partial charge in [0, 0.05) is 23.7 Å². The quantitative estimate of drug-likeness (QED) is 0.798. The highest BCUT2D eigenvalue weighted by Crippen LogP contribution is 2.38. The number of hydrogen-bond donors (Lipinski definition) is 1. The van der Waals surface area contributed by atoms with Crippen LogP contribution < -0.4 is 10.2 Å². The van der Waals surface area contributed by atoms with Crippen LogP contribution in [-0.4, -0.2) is 53.4 Å². The highest BCUT2D eigenvalue weighted by molar-refractivity contribution is 5.81. The Labute approximate surface area is 180 Å². The van der Waals surface area contributed by atoms with Crippen molar-refractivity contribution in [2.45, 2.75) is 84.0 Å². The van der Waals surface area contributed by atoms with Gasteiger partial charge in [0.05, 0.1) is 13.2 Å². The number of amides is 1. The Morgan fingerprint density at radius 1 is 1.17 bits per heavy atom. The molecular weight excluding hydrogens is 378 g/mol. The molecule has 166 valence electrons. The van der Waals surface area contributed by atoms with Crippen molar-refractivity contribution in [2.24, 2.45) is 5.41 Å². The van der Waals surface area contributed by atoms with Crippen LogP contribution >= 0.6 is 0 Å². The molecule has 1 aromatic carbocycles. The van der Waals surface area contributed by atoms with Crippen LogP contribution in [-0.2, 0) is 16.1 Å². The second-order valence-electron chi connectivity index (χ2n) is 10.5. The standard InChI is InChI=1S/C24H37N3O3/c1-23(2)12-7-13-25-27(24(3,4)16-23)19-10-11-21(29-15-19)22(28)26-14-18-8-5-6-9-20(18)30-17-26/h5-6,8-9,19,21,25H,7,10-17H2,1-4H3. The lowest BCUT2D eigenvalue weighted by Gasteiger charge is -2.50. The first kappa shape index (κ1) is 21.6. The van der Waals surface area contributed by atoms with Crippen LogP contribution in [0.4, 0.5) is 0 Å². The SMILES string of the molecule is CC1(C)CCCNN(C2CCC(C(=O)N3COc4ccccc4C3)OC2)C(C)(C)C1. The molecular formula is C24H37N3O3. The molecule has 4 rings (SSSR count). The van der Waals surface area contributed by atoms with Crippen molar-refractivity contribution in [2.75, 3.05) is 19.9 Å². The molecule has 0 radical (unpaired) electrons. The van der Waals surface area contributed by atoms with Crippen LogP contribution in [0.5, 0.6) is 5.75 Å². The van der Waals surface area contributed by atoms with E-state index in [1.807, 2.05) is 24.3 Å². The molecule has 1 aromatic rings.